The van der Waals surface area contributed by atoms with Gasteiger partial charge in [0.2, 0.25) is 10.0 Å². The second kappa shape index (κ2) is 6.57. The molecule has 0 saturated carbocycles. The Bertz CT molecular complexity index is 891. The monoisotopic (exact) mass is 356 g/mol. The van der Waals surface area contributed by atoms with Crippen LogP contribution in [0.1, 0.15) is 6.92 Å². The Labute approximate surface area is 135 Å². The molecule has 0 aliphatic carbocycles. The average Bonchev–Trinajstić information content (AvgIpc) is 2.49. The van der Waals surface area contributed by atoms with Crippen LogP contribution in [0.5, 0.6) is 5.75 Å². The Hall–Kier alpha value is -2.10. The molecule has 0 heterocycles. The Balaban J connectivity index is 2.28. The lowest BCUT2D eigenvalue weighted by atomic mass is 10.3. The normalized spacial score (nSPS) is 11.9. The zero-order valence-electron chi connectivity index (χ0n) is 12.3. The Morgan fingerprint density at radius 3 is 2.17 bits per heavy atom. The highest BCUT2D eigenvalue weighted by molar-refractivity contribution is 7.93. The van der Waals surface area contributed by atoms with Crippen molar-refractivity contribution in [1.82, 2.24) is 0 Å². The molecule has 0 unspecified atom stereocenters. The van der Waals surface area contributed by atoms with E-state index in [0.717, 1.165) is 6.07 Å². The van der Waals surface area contributed by atoms with Crippen molar-refractivity contribution in [2.45, 2.75) is 16.7 Å². The van der Waals surface area contributed by atoms with Crippen molar-refractivity contribution in [2.75, 3.05) is 11.3 Å². The van der Waals surface area contributed by atoms with Gasteiger partial charge < -0.3 is 4.74 Å². The topological polar surface area (TPSA) is 116 Å². The van der Waals surface area contributed by atoms with Crippen LogP contribution in [0.4, 0.5) is 5.69 Å². The summed E-state index contributed by atoms with van der Waals surface area (Å²) in [4.78, 5) is -0.468. The van der Waals surface area contributed by atoms with Gasteiger partial charge in [-0.1, -0.05) is 6.07 Å². The fourth-order valence-electron chi connectivity index (χ4n) is 1.82. The first-order chi connectivity index (χ1) is 10.7. The van der Waals surface area contributed by atoms with Crippen molar-refractivity contribution in [3.63, 3.8) is 0 Å². The van der Waals surface area contributed by atoms with Crippen molar-refractivity contribution < 1.29 is 21.6 Å². The first kappa shape index (κ1) is 17.3. The van der Waals surface area contributed by atoms with Crippen molar-refractivity contribution in [1.29, 1.82) is 0 Å². The maximum absolute atomic E-state index is 12.3. The summed E-state index contributed by atoms with van der Waals surface area (Å²) >= 11 is 0. The van der Waals surface area contributed by atoms with Crippen LogP contribution in [0.15, 0.2) is 58.3 Å². The van der Waals surface area contributed by atoms with Gasteiger partial charge in [0, 0.05) is 5.69 Å². The molecule has 2 rings (SSSR count). The molecule has 2 aromatic carbocycles. The second-order valence-corrected chi connectivity index (χ2v) is 7.83. The SMILES string of the molecule is CCOc1ccc(NS(=O)(=O)c2cccc(S(N)(=O)=O)c2)cc1. The average molecular weight is 356 g/mol. The van der Waals surface area contributed by atoms with Gasteiger partial charge in [0.15, 0.2) is 0 Å². The molecule has 0 fully saturated rings. The minimum atomic E-state index is -3.98. The fraction of sp³-hybridized carbons (Fsp3) is 0.143. The third-order valence-electron chi connectivity index (χ3n) is 2.86. The molecule has 0 bridgehead atoms. The lowest BCUT2D eigenvalue weighted by molar-refractivity contribution is 0.340. The summed E-state index contributed by atoms with van der Waals surface area (Å²) in [5.41, 5.74) is 0.328. The number of ether oxygens (including phenoxy) is 1. The number of sulfonamides is 2. The Morgan fingerprint density at radius 2 is 1.61 bits per heavy atom. The van der Waals surface area contributed by atoms with Crippen LogP contribution in [0.3, 0.4) is 0 Å². The van der Waals surface area contributed by atoms with Gasteiger partial charge in [-0.05, 0) is 49.4 Å². The molecule has 3 N–H and O–H groups in total. The molecule has 0 aliphatic heterocycles. The van der Waals surface area contributed by atoms with E-state index in [-0.39, 0.29) is 9.79 Å². The summed E-state index contributed by atoms with van der Waals surface area (Å²) in [6.07, 6.45) is 0. The number of hydrogen-bond acceptors (Lipinski definition) is 5. The van der Waals surface area contributed by atoms with E-state index >= 15 is 0 Å². The maximum atomic E-state index is 12.3. The number of hydrogen-bond donors (Lipinski definition) is 2. The molecule has 0 radical (unpaired) electrons. The Morgan fingerprint density at radius 1 is 1.00 bits per heavy atom. The third kappa shape index (κ3) is 4.44. The summed E-state index contributed by atoms with van der Waals surface area (Å²) < 4.78 is 54.9. The highest BCUT2D eigenvalue weighted by atomic mass is 32.2. The number of benzene rings is 2. The van der Waals surface area contributed by atoms with E-state index in [1.165, 1.54) is 18.2 Å². The highest BCUT2D eigenvalue weighted by Gasteiger charge is 2.17. The van der Waals surface area contributed by atoms with E-state index < -0.39 is 20.0 Å². The zero-order valence-corrected chi connectivity index (χ0v) is 13.9. The molecule has 7 nitrogen and oxygen atoms in total. The third-order valence-corrected chi connectivity index (χ3v) is 5.15. The van der Waals surface area contributed by atoms with E-state index in [9.17, 15) is 16.8 Å². The van der Waals surface area contributed by atoms with Gasteiger partial charge in [-0.2, -0.15) is 0 Å². The van der Waals surface area contributed by atoms with E-state index in [0.29, 0.717) is 18.0 Å². The molecule has 0 saturated heterocycles. The molecule has 2 aromatic rings. The van der Waals surface area contributed by atoms with Gasteiger partial charge in [-0.15, -0.1) is 0 Å². The number of anilines is 1. The molecule has 0 amide bonds. The molecule has 0 atom stereocenters. The van der Waals surface area contributed by atoms with Crippen LogP contribution < -0.4 is 14.6 Å². The van der Waals surface area contributed by atoms with Gasteiger partial charge in [0.1, 0.15) is 5.75 Å². The second-order valence-electron chi connectivity index (χ2n) is 4.58. The molecule has 23 heavy (non-hydrogen) atoms. The molecule has 0 aliphatic rings. The summed E-state index contributed by atoms with van der Waals surface area (Å²) in [6.45, 7) is 2.35. The Kier molecular flexibility index (Phi) is 4.93. The van der Waals surface area contributed by atoms with Gasteiger partial charge in [-0.3, -0.25) is 4.72 Å². The minimum Gasteiger partial charge on any atom is -0.494 e. The van der Waals surface area contributed by atoms with Crippen LogP contribution in [0.2, 0.25) is 0 Å². The largest absolute Gasteiger partial charge is 0.494 e. The quantitative estimate of drug-likeness (QED) is 0.814. The van der Waals surface area contributed by atoms with Gasteiger partial charge in [-0.25, -0.2) is 22.0 Å². The number of primary sulfonamides is 1. The first-order valence-electron chi connectivity index (χ1n) is 6.61. The van der Waals surface area contributed by atoms with Crippen molar-refractivity contribution in [3.8, 4) is 5.75 Å². The predicted octanol–water partition coefficient (Wildman–Crippen LogP) is 1.53. The highest BCUT2D eigenvalue weighted by Crippen LogP contribution is 2.21. The zero-order chi connectivity index (χ0) is 17.1. The molecule has 0 spiro atoms. The lowest BCUT2D eigenvalue weighted by Crippen LogP contribution is -2.16. The first-order valence-corrected chi connectivity index (χ1v) is 9.64. The fourth-order valence-corrected chi connectivity index (χ4v) is 3.56. The van der Waals surface area contributed by atoms with Gasteiger partial charge in [0.05, 0.1) is 16.4 Å². The predicted molar refractivity (Wildman–Crippen MR) is 86.2 cm³/mol. The summed E-state index contributed by atoms with van der Waals surface area (Å²) in [6, 6.07) is 11.2. The van der Waals surface area contributed by atoms with E-state index in [4.69, 9.17) is 9.88 Å². The molecule has 9 heteroatoms. The van der Waals surface area contributed by atoms with Crippen LogP contribution in [0.25, 0.3) is 0 Å². The van der Waals surface area contributed by atoms with Gasteiger partial charge in [0.25, 0.3) is 10.0 Å². The van der Waals surface area contributed by atoms with E-state index in [2.05, 4.69) is 4.72 Å². The summed E-state index contributed by atoms with van der Waals surface area (Å²) in [5, 5.41) is 5.01. The number of rotatable bonds is 6. The van der Waals surface area contributed by atoms with Crippen molar-refractivity contribution >= 4 is 25.7 Å². The van der Waals surface area contributed by atoms with Crippen LogP contribution in [-0.4, -0.2) is 23.4 Å². The van der Waals surface area contributed by atoms with Crippen molar-refractivity contribution in [2.24, 2.45) is 5.14 Å². The van der Waals surface area contributed by atoms with Gasteiger partial charge >= 0.3 is 0 Å². The standard InChI is InChI=1S/C14H16N2O5S2/c1-2-21-12-8-6-11(7-9-12)16-23(19,20)14-5-3-4-13(10-14)22(15,17)18/h3-10,16H,2H2,1H3,(H2,15,17,18). The van der Waals surface area contributed by atoms with E-state index in [1.807, 2.05) is 6.92 Å². The van der Waals surface area contributed by atoms with Crippen LogP contribution in [-0.2, 0) is 20.0 Å². The minimum absolute atomic E-state index is 0.196. The number of nitrogens with one attached hydrogen (secondary N) is 1. The maximum Gasteiger partial charge on any atom is 0.261 e. The smallest absolute Gasteiger partial charge is 0.261 e. The van der Waals surface area contributed by atoms with Crippen molar-refractivity contribution in [3.05, 3.63) is 48.5 Å². The lowest BCUT2D eigenvalue weighted by Gasteiger charge is -2.10. The summed E-state index contributed by atoms with van der Waals surface area (Å²) in [5.74, 6) is 0.617. The van der Waals surface area contributed by atoms with E-state index in [1.54, 1.807) is 24.3 Å². The molecular formula is C14H16N2O5S2. The molecule has 0 aromatic heterocycles. The van der Waals surface area contributed by atoms with Crippen LogP contribution >= 0.6 is 0 Å². The van der Waals surface area contributed by atoms with Crippen LogP contribution in [0, 0.1) is 0 Å². The number of nitrogens with two attached hydrogens (primary N) is 1. The molecule has 124 valence electrons. The summed E-state index contributed by atoms with van der Waals surface area (Å²) in [7, 11) is -7.91. The molecular weight excluding hydrogens is 340 g/mol.